The first-order valence-electron chi connectivity index (χ1n) is 15.2. The van der Waals surface area contributed by atoms with Gasteiger partial charge in [0.2, 0.25) is 11.8 Å². The van der Waals surface area contributed by atoms with Crippen molar-refractivity contribution >= 4 is 67.7 Å². The minimum atomic E-state index is -1.26. The molecule has 1 saturated carbocycles. The molecule has 0 saturated heterocycles. The van der Waals surface area contributed by atoms with Gasteiger partial charge in [-0.05, 0) is 74.6 Å². The topological polar surface area (TPSA) is 147 Å². The van der Waals surface area contributed by atoms with E-state index in [1.807, 2.05) is 24.6 Å². The Bertz CT molecular complexity index is 2050. The summed E-state index contributed by atoms with van der Waals surface area (Å²) >= 11 is 1.38. The maximum Gasteiger partial charge on any atom is 0.352 e. The molecule has 1 aliphatic rings. The number of anilines is 2. The van der Waals surface area contributed by atoms with Crippen molar-refractivity contribution in [1.29, 1.82) is 0 Å². The number of aryl methyl sites for hydroxylation is 2. The maximum atomic E-state index is 13.6. The number of fused-ring (bicyclic) bond motifs is 2. The van der Waals surface area contributed by atoms with Gasteiger partial charge in [0.05, 0.1) is 5.69 Å². The highest BCUT2D eigenvalue weighted by molar-refractivity contribution is 7.14. The van der Waals surface area contributed by atoms with Crippen LogP contribution in [0.25, 0.3) is 33.2 Å². The Hall–Kier alpha value is -4.97. The van der Waals surface area contributed by atoms with Gasteiger partial charge in [-0.3, -0.25) is 14.4 Å². The van der Waals surface area contributed by atoms with Crippen LogP contribution in [-0.2, 0) is 23.7 Å². The molecule has 1 fully saturated rings. The second-order valence-electron chi connectivity index (χ2n) is 12.5. The number of aromatic carboxylic acids is 1. The lowest BCUT2D eigenvalue weighted by Crippen LogP contribution is -2.52. The van der Waals surface area contributed by atoms with Crippen molar-refractivity contribution in [2.24, 2.45) is 14.1 Å². The van der Waals surface area contributed by atoms with E-state index in [1.165, 1.54) is 23.8 Å². The van der Waals surface area contributed by atoms with Crippen LogP contribution in [-0.4, -0.2) is 48.5 Å². The first kappa shape index (κ1) is 31.0. The van der Waals surface area contributed by atoms with Crippen LogP contribution in [0, 0.1) is 0 Å². The highest BCUT2D eigenvalue weighted by Gasteiger charge is 2.32. The maximum absolute atomic E-state index is 13.6. The molecular weight excluding hydrogens is 604 g/mol. The number of amides is 3. The number of rotatable bonds is 8. The van der Waals surface area contributed by atoms with Gasteiger partial charge in [-0.25, -0.2) is 9.78 Å². The summed E-state index contributed by atoms with van der Waals surface area (Å²) in [5.41, 5.74) is 4.38. The summed E-state index contributed by atoms with van der Waals surface area (Å²) in [7, 11) is 3.64. The summed E-state index contributed by atoms with van der Waals surface area (Å²) in [6.45, 7) is 4.73. The lowest BCUT2D eigenvalue weighted by atomic mass is 9.93. The summed E-state index contributed by atoms with van der Waals surface area (Å²) in [6, 6.07) is 12.3. The number of hydrogen-bond acceptors (Lipinski definition) is 6. The van der Waals surface area contributed by atoms with Gasteiger partial charge in [0.1, 0.15) is 16.9 Å². The van der Waals surface area contributed by atoms with Crippen LogP contribution in [0.4, 0.5) is 10.8 Å². The van der Waals surface area contributed by atoms with Crippen LogP contribution in [0.1, 0.15) is 78.8 Å². The number of nitrogens with zero attached hydrogens (tertiary/aromatic N) is 3. The van der Waals surface area contributed by atoms with E-state index >= 15 is 0 Å². The van der Waals surface area contributed by atoms with Crippen LogP contribution in [0.5, 0.6) is 0 Å². The van der Waals surface area contributed by atoms with Crippen LogP contribution in [0.2, 0.25) is 0 Å². The zero-order chi connectivity index (χ0) is 32.9. The number of aromatic nitrogens is 3. The van der Waals surface area contributed by atoms with E-state index in [2.05, 4.69) is 20.5 Å². The van der Waals surface area contributed by atoms with Gasteiger partial charge < -0.3 is 30.2 Å². The van der Waals surface area contributed by atoms with Gasteiger partial charge in [0.15, 0.2) is 5.13 Å². The normalized spacial score (nSPS) is 13.8. The van der Waals surface area contributed by atoms with Crippen LogP contribution in [0.3, 0.4) is 0 Å². The number of hydrogen-bond donors (Lipinski definition) is 4. The van der Waals surface area contributed by atoms with Crippen molar-refractivity contribution in [1.82, 2.24) is 19.4 Å². The van der Waals surface area contributed by atoms with Crippen molar-refractivity contribution in [3.05, 3.63) is 64.7 Å². The number of carboxylic acid groups (broad SMARTS) is 1. The lowest BCUT2D eigenvalue weighted by Gasteiger charge is -2.25. The average Bonchev–Trinajstić information content (AvgIpc) is 3.79. The van der Waals surface area contributed by atoms with Crippen LogP contribution in [0.15, 0.2) is 47.8 Å². The second kappa shape index (κ2) is 11.8. The predicted molar refractivity (Wildman–Crippen MR) is 180 cm³/mol. The predicted octanol–water partition coefficient (Wildman–Crippen LogP) is 6.25. The Morgan fingerprint density at radius 1 is 0.957 bits per heavy atom. The molecule has 11 nitrogen and oxygen atoms in total. The zero-order valence-corrected chi connectivity index (χ0v) is 27.2. The smallest absolute Gasteiger partial charge is 0.352 e. The third-order valence-electron chi connectivity index (χ3n) is 8.81. The van der Waals surface area contributed by atoms with Crippen molar-refractivity contribution < 1.29 is 24.3 Å². The lowest BCUT2D eigenvalue weighted by molar-refractivity contribution is -0.121. The standard InChI is InChI=1S/C34H36N6O5S/c1-18(41)35-33-37-24(17-46-33)29-28(19-8-6-7-9-19)23-12-10-20(15-26(23)40(29)5)30(42)38-34(2,3)32(45)36-22-11-13-25-21(14-22)16-27(31(43)44)39(25)4/h10-17,19H,6-9H2,1-5H3,(H,36,45)(H,38,42)(H,43,44)(H,35,37,41). The summed E-state index contributed by atoms with van der Waals surface area (Å²) in [6.07, 6.45) is 4.49. The Morgan fingerprint density at radius 3 is 2.39 bits per heavy atom. The number of carboxylic acids is 1. The van der Waals surface area contributed by atoms with E-state index in [1.54, 1.807) is 55.8 Å². The molecule has 12 heteroatoms. The van der Waals surface area contributed by atoms with E-state index in [9.17, 15) is 24.3 Å². The Kier molecular flexibility index (Phi) is 7.93. The molecule has 0 unspecified atom stereocenters. The highest BCUT2D eigenvalue weighted by Crippen LogP contribution is 2.45. The van der Waals surface area contributed by atoms with Crippen molar-refractivity contribution in [3.8, 4) is 11.4 Å². The van der Waals surface area contributed by atoms with Gasteiger partial charge in [-0.1, -0.05) is 18.9 Å². The third-order valence-corrected chi connectivity index (χ3v) is 9.57. The number of nitrogens with one attached hydrogen (secondary N) is 3. The number of carbonyl (C=O) groups excluding carboxylic acids is 3. The molecule has 3 aromatic heterocycles. The molecule has 0 spiro atoms. The van der Waals surface area contributed by atoms with E-state index in [0.717, 1.165) is 53.5 Å². The van der Waals surface area contributed by atoms with E-state index < -0.39 is 23.3 Å². The highest BCUT2D eigenvalue weighted by atomic mass is 32.1. The molecule has 3 heterocycles. The number of carbonyl (C=O) groups is 4. The molecule has 46 heavy (non-hydrogen) atoms. The summed E-state index contributed by atoms with van der Waals surface area (Å²) in [4.78, 5) is 54.8. The molecule has 0 radical (unpaired) electrons. The molecule has 0 bridgehead atoms. The largest absolute Gasteiger partial charge is 0.477 e. The van der Waals surface area contributed by atoms with Crippen molar-refractivity contribution in [3.63, 3.8) is 0 Å². The van der Waals surface area contributed by atoms with Gasteiger partial charge in [0.25, 0.3) is 5.91 Å². The van der Waals surface area contributed by atoms with Gasteiger partial charge in [-0.2, -0.15) is 0 Å². The van der Waals surface area contributed by atoms with Crippen molar-refractivity contribution in [2.75, 3.05) is 10.6 Å². The van der Waals surface area contributed by atoms with Gasteiger partial charge in [0, 0.05) is 59.5 Å². The fourth-order valence-corrected chi connectivity index (χ4v) is 7.21. The third kappa shape index (κ3) is 5.64. The first-order valence-corrected chi connectivity index (χ1v) is 16.0. The van der Waals surface area contributed by atoms with E-state index in [0.29, 0.717) is 27.7 Å². The Morgan fingerprint density at radius 2 is 1.70 bits per heavy atom. The molecular formula is C34H36N6O5S. The van der Waals surface area contributed by atoms with Crippen molar-refractivity contribution in [2.45, 2.75) is 57.9 Å². The van der Waals surface area contributed by atoms with E-state index in [-0.39, 0.29) is 11.6 Å². The zero-order valence-electron chi connectivity index (χ0n) is 26.4. The quantitative estimate of drug-likeness (QED) is 0.158. The summed E-state index contributed by atoms with van der Waals surface area (Å²) in [5, 5.41) is 22.2. The minimum Gasteiger partial charge on any atom is -0.477 e. The van der Waals surface area contributed by atoms with Gasteiger partial charge >= 0.3 is 5.97 Å². The van der Waals surface area contributed by atoms with Gasteiger partial charge in [-0.15, -0.1) is 11.3 Å². The molecule has 3 amide bonds. The molecule has 4 N–H and O–H groups in total. The summed E-state index contributed by atoms with van der Waals surface area (Å²) in [5.74, 6) is -1.64. The van der Waals surface area contributed by atoms with Crippen LogP contribution < -0.4 is 16.0 Å². The fraction of sp³-hybridized carbons (Fsp3) is 0.324. The average molecular weight is 641 g/mol. The molecule has 0 aliphatic heterocycles. The summed E-state index contributed by atoms with van der Waals surface area (Å²) < 4.78 is 3.65. The molecule has 2 aromatic carbocycles. The molecule has 1 aliphatic carbocycles. The first-order chi connectivity index (χ1) is 21.8. The monoisotopic (exact) mass is 640 g/mol. The van der Waals surface area contributed by atoms with E-state index in [4.69, 9.17) is 4.98 Å². The minimum absolute atomic E-state index is 0.144. The number of benzene rings is 2. The molecule has 5 aromatic rings. The Labute approximate surface area is 269 Å². The molecule has 6 rings (SSSR count). The Balaban J connectivity index is 1.26. The number of thiazole rings is 1. The molecule has 238 valence electrons. The molecule has 0 atom stereocenters. The second-order valence-corrected chi connectivity index (χ2v) is 13.3. The van der Waals surface area contributed by atoms with Crippen LogP contribution >= 0.6 is 11.3 Å². The fourth-order valence-electron chi connectivity index (χ4n) is 6.47. The SMILES string of the molecule is CC(=O)Nc1nc(-c2c(C3CCCC3)c3ccc(C(=O)NC(C)(C)C(=O)Nc4ccc5c(c4)cc(C(=O)O)n5C)cc3n2C)cs1.